The number of hydrogen-bond donors (Lipinski definition) is 2. The third kappa shape index (κ3) is 16.2. The van der Waals surface area contributed by atoms with Crippen LogP contribution in [0.5, 0.6) is 0 Å². The number of benzene rings is 6. The van der Waals surface area contributed by atoms with E-state index in [1.807, 2.05) is 0 Å². The molecule has 0 aliphatic heterocycles. The summed E-state index contributed by atoms with van der Waals surface area (Å²) in [7, 11) is -2.51. The fourth-order valence-corrected chi connectivity index (χ4v) is 8.00. The number of nitrogen functional groups attached to an aromatic ring is 1. The fraction of sp³-hybridized carbons (Fsp3) is 0.0952. The number of nitrogens with zero attached hydrogens (tertiary/aromatic N) is 2. The molecule has 0 spiro atoms. The lowest BCUT2D eigenvalue weighted by Crippen LogP contribution is -2.13. The van der Waals surface area contributed by atoms with Gasteiger partial charge in [0, 0.05) is 72.0 Å². The number of sulfonamides is 1. The second kappa shape index (κ2) is 22.7. The highest BCUT2D eigenvalue weighted by Gasteiger charge is 2.17. The number of anilines is 2. The van der Waals surface area contributed by atoms with E-state index < -0.39 is 28.9 Å². The highest BCUT2D eigenvalue weighted by molar-refractivity contribution is 8.13. The molecule has 0 atom stereocenters. The van der Waals surface area contributed by atoms with Crippen LogP contribution in [0.2, 0.25) is 20.1 Å². The zero-order chi connectivity index (χ0) is 46.5. The molecule has 0 saturated carbocycles. The van der Waals surface area contributed by atoms with Gasteiger partial charge < -0.3 is 5.73 Å². The summed E-state index contributed by atoms with van der Waals surface area (Å²) in [4.78, 5) is 44.7. The Balaban J connectivity index is 0.000000232. The van der Waals surface area contributed by atoms with Gasteiger partial charge in [-0.3, -0.25) is 34.5 Å². The van der Waals surface area contributed by atoms with Crippen molar-refractivity contribution in [3.05, 3.63) is 196 Å². The zero-order valence-electron chi connectivity index (χ0n) is 32.3. The van der Waals surface area contributed by atoms with Crippen molar-refractivity contribution in [3.63, 3.8) is 0 Å². The smallest absolute Gasteiger partial charge is 0.269 e. The molecule has 6 aromatic carbocycles. The number of hydrogen-bond acceptors (Lipinski definition) is 11. The van der Waals surface area contributed by atoms with E-state index >= 15 is 0 Å². The molecule has 0 unspecified atom stereocenters. The maximum absolute atomic E-state index is 12.5. The van der Waals surface area contributed by atoms with E-state index in [0.717, 1.165) is 5.56 Å². The number of carbonyl (C=O) groups excluding carboxylic acids is 2. The Morgan fingerprint density at radius 2 is 0.921 bits per heavy atom. The Labute approximate surface area is 386 Å². The molecule has 0 saturated heterocycles. The molecule has 0 amide bonds. The van der Waals surface area contributed by atoms with Crippen LogP contribution in [-0.2, 0) is 54.3 Å². The van der Waals surface area contributed by atoms with Gasteiger partial charge in [0.2, 0.25) is 0 Å². The van der Waals surface area contributed by atoms with Gasteiger partial charge in [0.15, 0.2) is 0 Å². The van der Waals surface area contributed by atoms with Crippen LogP contribution in [0.25, 0.3) is 0 Å². The topological polar surface area (TPSA) is 227 Å². The van der Waals surface area contributed by atoms with Crippen LogP contribution < -0.4 is 10.5 Å². The number of halogens is 5. The van der Waals surface area contributed by atoms with Crippen LogP contribution in [0.3, 0.4) is 0 Å². The number of rotatable bonds is 14. The van der Waals surface area contributed by atoms with Gasteiger partial charge in [-0.25, -0.2) is 16.8 Å². The predicted molar refractivity (Wildman–Crippen MR) is 245 cm³/mol. The minimum Gasteiger partial charge on any atom is -0.399 e. The predicted octanol–water partition coefficient (Wildman–Crippen LogP) is 10.5. The molecule has 0 aliphatic carbocycles. The van der Waals surface area contributed by atoms with Crippen molar-refractivity contribution < 1.29 is 36.3 Å². The number of nitro groups is 2. The molecule has 6 aromatic rings. The summed E-state index contributed by atoms with van der Waals surface area (Å²) in [5, 5.41) is 22.3. The molecule has 3 N–H and O–H groups in total. The Morgan fingerprint density at radius 1 is 0.524 bits per heavy atom. The van der Waals surface area contributed by atoms with Crippen LogP contribution in [0.1, 0.15) is 22.3 Å². The second-order valence-corrected chi connectivity index (χ2v) is 19.1. The number of ketones is 2. The maximum atomic E-state index is 12.5. The second-order valence-electron chi connectivity index (χ2n) is 13.3. The minimum absolute atomic E-state index is 0.00258. The van der Waals surface area contributed by atoms with E-state index in [1.165, 1.54) is 66.7 Å². The minimum atomic E-state index is -3.86. The van der Waals surface area contributed by atoms with Crippen molar-refractivity contribution in [1.29, 1.82) is 0 Å². The molecule has 14 nitrogen and oxygen atoms in total. The third-order valence-electron chi connectivity index (χ3n) is 8.41. The molecule has 6 rings (SSSR count). The molecular weight excluding hydrogens is 962 g/mol. The maximum Gasteiger partial charge on any atom is 0.269 e. The number of Topliss-reactive ketones (excluding diaryl/α,β-unsaturated/α-hetero) is 2. The molecule has 0 bridgehead atoms. The highest BCUT2D eigenvalue weighted by atomic mass is 35.7. The largest absolute Gasteiger partial charge is 0.399 e. The van der Waals surface area contributed by atoms with Crippen LogP contribution in [0, 0.1) is 20.2 Å². The van der Waals surface area contributed by atoms with E-state index in [1.54, 1.807) is 66.7 Å². The van der Waals surface area contributed by atoms with E-state index in [4.69, 9.17) is 62.8 Å². The first-order chi connectivity index (χ1) is 29.6. The number of non-ortho nitro benzene ring substituents is 2. The summed E-state index contributed by atoms with van der Waals surface area (Å²) >= 11 is 22.8. The van der Waals surface area contributed by atoms with Gasteiger partial charge in [-0.1, -0.05) is 94.9 Å². The van der Waals surface area contributed by atoms with E-state index in [-0.39, 0.29) is 67.1 Å². The molecular formula is C42H33Cl5N4O10S2. The van der Waals surface area contributed by atoms with Gasteiger partial charge in [0.1, 0.15) is 11.6 Å². The molecule has 21 heteroatoms. The summed E-state index contributed by atoms with van der Waals surface area (Å²) in [6.45, 7) is 0. The quantitative estimate of drug-likeness (QED) is 0.0451. The average molecular weight is 995 g/mol. The van der Waals surface area contributed by atoms with Crippen molar-refractivity contribution in [2.45, 2.75) is 35.5 Å². The summed E-state index contributed by atoms with van der Waals surface area (Å²) in [5.41, 5.74) is 9.27. The fourth-order valence-electron chi connectivity index (χ4n) is 5.41. The monoisotopic (exact) mass is 992 g/mol. The Morgan fingerprint density at radius 3 is 1.33 bits per heavy atom. The van der Waals surface area contributed by atoms with E-state index in [0.29, 0.717) is 39.5 Å². The number of nitrogens with one attached hydrogen (secondary N) is 1. The third-order valence-corrected chi connectivity index (χ3v) is 12.6. The van der Waals surface area contributed by atoms with Crippen LogP contribution in [0.15, 0.2) is 143 Å². The van der Waals surface area contributed by atoms with Crippen molar-refractivity contribution in [2.24, 2.45) is 0 Å². The molecule has 63 heavy (non-hydrogen) atoms. The van der Waals surface area contributed by atoms with Crippen molar-refractivity contribution >= 4 is 110 Å². The highest BCUT2D eigenvalue weighted by Crippen LogP contribution is 2.28. The summed E-state index contributed by atoms with van der Waals surface area (Å²) < 4.78 is 48.9. The van der Waals surface area contributed by atoms with Gasteiger partial charge in [-0.2, -0.15) is 0 Å². The van der Waals surface area contributed by atoms with Crippen molar-refractivity contribution in [3.8, 4) is 0 Å². The Bertz CT molecular complexity index is 2870. The standard InChI is InChI=1S/C21H16Cl2N2O5S.C15H14N2O3.C6H3Cl3O2S/c22-20-9-8-19(13-21(20)23)31(29,30)24-16-6-4-14(5-7-16)11-18(26)12-15-2-1-3-17(10-15)25(27)28;16-13-6-4-11(5-7-13)9-15(18)10-12-2-1-3-14(8-12)17(19)20;7-5-2-1-4(3-6(5)8)12(9,10)11/h1-10,13,24H,11-12H2;1-8H,9-10,16H2;1-3H. The summed E-state index contributed by atoms with van der Waals surface area (Å²) in [6, 6.07) is 33.4. The van der Waals surface area contributed by atoms with Crippen LogP contribution in [-0.4, -0.2) is 38.2 Å². The van der Waals surface area contributed by atoms with Crippen LogP contribution >= 0.6 is 57.1 Å². The van der Waals surface area contributed by atoms with Gasteiger partial charge in [-0.15, -0.1) is 0 Å². The van der Waals surface area contributed by atoms with Gasteiger partial charge in [0.25, 0.3) is 30.4 Å². The first-order valence-electron chi connectivity index (χ1n) is 17.9. The van der Waals surface area contributed by atoms with Crippen molar-refractivity contribution in [2.75, 3.05) is 10.5 Å². The van der Waals surface area contributed by atoms with Crippen LogP contribution in [0.4, 0.5) is 22.7 Å². The van der Waals surface area contributed by atoms with E-state index in [9.17, 15) is 46.7 Å². The molecule has 0 aliphatic rings. The lowest BCUT2D eigenvalue weighted by atomic mass is 10.0. The Kier molecular flexibility index (Phi) is 18.0. The lowest BCUT2D eigenvalue weighted by molar-refractivity contribution is -0.385. The average Bonchev–Trinajstić information content (AvgIpc) is 3.21. The Hall–Kier alpha value is -5.59. The number of carbonyl (C=O) groups is 2. The number of nitrogens with two attached hydrogens (primary N) is 1. The normalized spacial score (nSPS) is 10.9. The van der Waals surface area contributed by atoms with Gasteiger partial charge in [0.05, 0.1) is 39.7 Å². The SMILES string of the molecule is Nc1ccc(CC(=O)Cc2cccc([N+](=O)[O-])c2)cc1.O=C(Cc1ccc(NS(=O)(=O)c2ccc(Cl)c(Cl)c2)cc1)Cc1cccc([N+](=O)[O-])c1.O=S(=O)(Cl)c1ccc(Cl)c(Cl)c1. The summed E-state index contributed by atoms with van der Waals surface area (Å²) in [6.07, 6.45) is 0.658. The van der Waals surface area contributed by atoms with Gasteiger partial charge in [-0.05, 0) is 82.9 Å². The van der Waals surface area contributed by atoms with Crippen molar-refractivity contribution in [1.82, 2.24) is 0 Å². The van der Waals surface area contributed by atoms with E-state index in [2.05, 4.69) is 4.72 Å². The molecule has 0 fully saturated rings. The number of nitro benzene ring substituents is 2. The first-order valence-corrected chi connectivity index (χ1v) is 23.2. The first kappa shape index (κ1) is 50.1. The molecule has 0 aromatic heterocycles. The summed E-state index contributed by atoms with van der Waals surface area (Å²) in [5.74, 6) is -0.111. The molecule has 328 valence electrons. The zero-order valence-corrected chi connectivity index (χ0v) is 37.7. The van der Waals surface area contributed by atoms with Gasteiger partial charge >= 0.3 is 0 Å². The lowest BCUT2D eigenvalue weighted by Gasteiger charge is -2.10. The molecule has 0 heterocycles. The molecule has 0 radical (unpaired) electrons.